The van der Waals surface area contributed by atoms with E-state index in [2.05, 4.69) is 60.6 Å². The van der Waals surface area contributed by atoms with Gasteiger partial charge in [-0.1, -0.05) is 36.7 Å². The Kier molecular flexibility index (Phi) is 5.94. The molecule has 17 heavy (non-hydrogen) atoms. The Morgan fingerprint density at radius 2 is 1.82 bits per heavy atom. The number of rotatable bonds is 6. The highest BCUT2D eigenvalue weighted by atomic mass is 79.9. The molecule has 2 atom stereocenters. The summed E-state index contributed by atoms with van der Waals surface area (Å²) in [5.74, 6) is 0.798. The van der Waals surface area contributed by atoms with Crippen LogP contribution in [0.1, 0.15) is 33.6 Å². The average Bonchev–Trinajstić information content (AvgIpc) is 2.67. The van der Waals surface area contributed by atoms with Crippen LogP contribution in [0.25, 0.3) is 0 Å². The SMILES string of the molecule is CCC(CC)(CBr)CN1CC(C)C(N(C)C)C1. The highest BCUT2D eigenvalue weighted by molar-refractivity contribution is 9.09. The molecule has 1 saturated heterocycles. The Morgan fingerprint density at radius 3 is 2.18 bits per heavy atom. The molecule has 1 rings (SSSR count). The van der Waals surface area contributed by atoms with E-state index in [0.29, 0.717) is 5.41 Å². The zero-order valence-electron chi connectivity index (χ0n) is 12.2. The molecular weight excluding hydrogens is 276 g/mol. The van der Waals surface area contributed by atoms with Crippen molar-refractivity contribution in [3.05, 3.63) is 0 Å². The Balaban J connectivity index is 2.59. The lowest BCUT2D eigenvalue weighted by molar-refractivity contribution is 0.173. The second-order valence-corrected chi connectivity index (χ2v) is 6.60. The first-order valence-electron chi connectivity index (χ1n) is 6.92. The average molecular weight is 305 g/mol. The monoisotopic (exact) mass is 304 g/mol. The molecule has 2 nitrogen and oxygen atoms in total. The molecule has 0 aromatic heterocycles. The molecule has 0 N–H and O–H groups in total. The number of halogens is 1. The quantitative estimate of drug-likeness (QED) is 0.696. The summed E-state index contributed by atoms with van der Waals surface area (Å²) in [7, 11) is 4.42. The third-order valence-corrected chi connectivity index (χ3v) is 5.84. The first-order chi connectivity index (χ1) is 7.98. The summed E-state index contributed by atoms with van der Waals surface area (Å²) in [4.78, 5) is 5.06. The molecule has 0 bridgehead atoms. The molecule has 1 aliphatic heterocycles. The van der Waals surface area contributed by atoms with E-state index in [1.165, 1.54) is 32.5 Å². The summed E-state index contributed by atoms with van der Waals surface area (Å²) >= 11 is 3.72. The van der Waals surface area contributed by atoms with Crippen molar-refractivity contribution in [2.24, 2.45) is 11.3 Å². The Morgan fingerprint density at radius 1 is 1.24 bits per heavy atom. The minimum absolute atomic E-state index is 0.473. The van der Waals surface area contributed by atoms with Gasteiger partial charge in [0, 0.05) is 31.0 Å². The van der Waals surface area contributed by atoms with Crippen molar-refractivity contribution in [2.45, 2.75) is 39.7 Å². The number of alkyl halides is 1. The largest absolute Gasteiger partial charge is 0.305 e. The number of hydrogen-bond acceptors (Lipinski definition) is 2. The number of hydrogen-bond donors (Lipinski definition) is 0. The van der Waals surface area contributed by atoms with Gasteiger partial charge in [-0.2, -0.15) is 0 Å². The van der Waals surface area contributed by atoms with Crippen LogP contribution in [-0.4, -0.2) is 54.9 Å². The predicted molar refractivity (Wildman–Crippen MR) is 79.9 cm³/mol. The van der Waals surface area contributed by atoms with Gasteiger partial charge in [0.2, 0.25) is 0 Å². The molecule has 1 heterocycles. The lowest BCUT2D eigenvalue weighted by Crippen LogP contribution is -2.39. The van der Waals surface area contributed by atoms with Crippen LogP contribution < -0.4 is 0 Å². The highest BCUT2D eigenvalue weighted by Gasteiger charge is 2.35. The van der Waals surface area contributed by atoms with Crippen LogP contribution >= 0.6 is 15.9 Å². The second kappa shape index (κ2) is 6.53. The van der Waals surface area contributed by atoms with Gasteiger partial charge in [0.05, 0.1) is 0 Å². The second-order valence-electron chi connectivity index (χ2n) is 6.04. The van der Waals surface area contributed by atoms with Gasteiger partial charge in [-0.05, 0) is 38.3 Å². The van der Waals surface area contributed by atoms with Crippen molar-refractivity contribution in [3.63, 3.8) is 0 Å². The maximum absolute atomic E-state index is 3.72. The van der Waals surface area contributed by atoms with Crippen molar-refractivity contribution in [3.8, 4) is 0 Å². The summed E-state index contributed by atoms with van der Waals surface area (Å²) in [6.45, 7) is 10.8. The van der Waals surface area contributed by atoms with Crippen LogP contribution in [0.5, 0.6) is 0 Å². The van der Waals surface area contributed by atoms with Gasteiger partial charge < -0.3 is 9.80 Å². The lowest BCUT2D eigenvalue weighted by Gasteiger charge is -2.34. The Bertz CT molecular complexity index is 218. The van der Waals surface area contributed by atoms with Crippen LogP contribution in [0.3, 0.4) is 0 Å². The fraction of sp³-hybridized carbons (Fsp3) is 1.00. The first-order valence-corrected chi connectivity index (χ1v) is 8.05. The third kappa shape index (κ3) is 3.68. The number of likely N-dealkylation sites (tertiary alicyclic amines) is 1. The summed E-state index contributed by atoms with van der Waals surface area (Å²) in [5, 5.41) is 1.13. The minimum atomic E-state index is 0.473. The number of likely N-dealkylation sites (N-methyl/N-ethyl adjacent to an activating group) is 1. The van der Waals surface area contributed by atoms with E-state index in [1.807, 2.05) is 0 Å². The van der Waals surface area contributed by atoms with Crippen molar-refractivity contribution in [1.29, 1.82) is 0 Å². The summed E-state index contributed by atoms with van der Waals surface area (Å²) in [6, 6.07) is 0.733. The molecule has 1 fully saturated rings. The number of nitrogens with zero attached hydrogens (tertiary/aromatic N) is 2. The molecule has 3 heteroatoms. The molecule has 0 amide bonds. The zero-order chi connectivity index (χ0) is 13.1. The van der Waals surface area contributed by atoms with Gasteiger partial charge in [-0.25, -0.2) is 0 Å². The standard InChI is InChI=1S/C14H29BrN2/c1-6-14(7-2,10-15)11-17-8-12(3)13(9-17)16(4)5/h12-13H,6-11H2,1-5H3. The molecule has 0 aliphatic carbocycles. The molecule has 0 spiro atoms. The molecule has 0 radical (unpaired) electrons. The van der Waals surface area contributed by atoms with Crippen LogP contribution in [-0.2, 0) is 0 Å². The molecule has 102 valence electrons. The van der Waals surface area contributed by atoms with Crippen LogP contribution in [0.15, 0.2) is 0 Å². The molecule has 0 aromatic rings. The van der Waals surface area contributed by atoms with Gasteiger partial charge in [0.15, 0.2) is 0 Å². The fourth-order valence-corrected chi connectivity index (χ4v) is 4.00. The molecular formula is C14H29BrN2. The Hall–Kier alpha value is 0.400. The molecule has 1 aliphatic rings. The predicted octanol–water partition coefficient (Wildman–Crippen LogP) is 3.07. The van der Waals surface area contributed by atoms with E-state index >= 15 is 0 Å². The summed E-state index contributed by atoms with van der Waals surface area (Å²) < 4.78 is 0. The van der Waals surface area contributed by atoms with Gasteiger partial charge in [0.25, 0.3) is 0 Å². The Labute approximate surface area is 116 Å². The highest BCUT2D eigenvalue weighted by Crippen LogP contribution is 2.32. The minimum Gasteiger partial charge on any atom is -0.305 e. The van der Waals surface area contributed by atoms with E-state index in [-0.39, 0.29) is 0 Å². The van der Waals surface area contributed by atoms with Gasteiger partial charge in [-0.3, -0.25) is 0 Å². The van der Waals surface area contributed by atoms with Crippen molar-refractivity contribution >= 4 is 15.9 Å². The normalized spacial score (nSPS) is 27.0. The van der Waals surface area contributed by atoms with E-state index in [0.717, 1.165) is 17.3 Å². The van der Waals surface area contributed by atoms with Gasteiger partial charge >= 0.3 is 0 Å². The first kappa shape index (κ1) is 15.5. The van der Waals surface area contributed by atoms with E-state index < -0.39 is 0 Å². The van der Waals surface area contributed by atoms with Crippen LogP contribution in [0, 0.1) is 11.3 Å². The van der Waals surface area contributed by atoms with Gasteiger partial charge in [0.1, 0.15) is 0 Å². The summed E-state index contributed by atoms with van der Waals surface area (Å²) in [5.41, 5.74) is 0.473. The van der Waals surface area contributed by atoms with E-state index in [1.54, 1.807) is 0 Å². The molecule has 0 saturated carbocycles. The zero-order valence-corrected chi connectivity index (χ0v) is 13.8. The van der Waals surface area contributed by atoms with Crippen molar-refractivity contribution in [2.75, 3.05) is 39.1 Å². The van der Waals surface area contributed by atoms with Crippen molar-refractivity contribution in [1.82, 2.24) is 9.80 Å². The van der Waals surface area contributed by atoms with Crippen molar-refractivity contribution < 1.29 is 0 Å². The molecule has 2 unspecified atom stereocenters. The van der Waals surface area contributed by atoms with Crippen LogP contribution in [0.4, 0.5) is 0 Å². The maximum atomic E-state index is 3.72. The topological polar surface area (TPSA) is 6.48 Å². The maximum Gasteiger partial charge on any atom is 0.0254 e. The molecule has 0 aromatic carbocycles. The summed E-state index contributed by atoms with van der Waals surface area (Å²) in [6.07, 6.45) is 2.54. The van der Waals surface area contributed by atoms with E-state index in [4.69, 9.17) is 0 Å². The smallest absolute Gasteiger partial charge is 0.0254 e. The van der Waals surface area contributed by atoms with Gasteiger partial charge in [-0.15, -0.1) is 0 Å². The van der Waals surface area contributed by atoms with E-state index in [9.17, 15) is 0 Å². The van der Waals surface area contributed by atoms with Crippen LogP contribution in [0.2, 0.25) is 0 Å². The lowest BCUT2D eigenvalue weighted by atomic mass is 9.84. The third-order valence-electron chi connectivity index (χ3n) is 4.65. The fourth-order valence-electron chi connectivity index (χ4n) is 3.03.